The number of fused-ring (bicyclic) bond motifs is 1. The molecule has 1 aromatic heterocycles. The van der Waals surface area contributed by atoms with Gasteiger partial charge in [0.15, 0.2) is 0 Å². The summed E-state index contributed by atoms with van der Waals surface area (Å²) >= 11 is 0. The van der Waals surface area contributed by atoms with Crippen LogP contribution in [0.4, 0.5) is 0 Å². The van der Waals surface area contributed by atoms with E-state index in [-0.39, 0.29) is 11.5 Å². The van der Waals surface area contributed by atoms with E-state index < -0.39 is 0 Å². The summed E-state index contributed by atoms with van der Waals surface area (Å²) < 4.78 is 1.58. The Morgan fingerprint density at radius 3 is 2.65 bits per heavy atom. The van der Waals surface area contributed by atoms with Crippen LogP contribution >= 0.6 is 0 Å². The second-order valence-electron chi connectivity index (χ2n) is 4.03. The lowest BCUT2D eigenvalue weighted by molar-refractivity contribution is 0.0963. The molecule has 0 aliphatic carbocycles. The number of aromatic nitrogens is 1. The summed E-state index contributed by atoms with van der Waals surface area (Å²) in [5, 5.41) is 3.97. The summed E-state index contributed by atoms with van der Waals surface area (Å²) in [6.45, 7) is 1.88. The lowest BCUT2D eigenvalue weighted by Crippen LogP contribution is -2.21. The maximum Gasteiger partial charge on any atom is 0.258 e. The Morgan fingerprint density at radius 1 is 1.29 bits per heavy atom. The minimum atomic E-state index is -0.186. The Kier molecular flexibility index (Phi) is 2.71. The molecule has 1 heterocycles. The van der Waals surface area contributed by atoms with Gasteiger partial charge >= 0.3 is 0 Å². The van der Waals surface area contributed by atoms with Crippen molar-refractivity contribution in [2.24, 2.45) is 7.05 Å². The number of nitrogens with one attached hydrogen (secondary N) is 1. The number of amides is 1. The van der Waals surface area contributed by atoms with E-state index in [1.807, 2.05) is 13.0 Å². The Bertz CT molecular complexity index is 656. The molecule has 0 aliphatic heterocycles. The minimum absolute atomic E-state index is 0.0780. The molecule has 0 aliphatic rings. The Morgan fingerprint density at radius 2 is 2.00 bits per heavy atom. The quantitative estimate of drug-likeness (QED) is 0.800. The van der Waals surface area contributed by atoms with E-state index in [1.54, 1.807) is 36.9 Å². The second kappa shape index (κ2) is 4.05. The Hall–Kier alpha value is -2.10. The van der Waals surface area contributed by atoms with Gasteiger partial charge in [-0.3, -0.25) is 9.59 Å². The number of pyridine rings is 1. The molecule has 0 saturated heterocycles. The fourth-order valence-electron chi connectivity index (χ4n) is 1.82. The SMILES string of the molecule is CNC(=O)c1ccc2cc(C)n(C)c(=O)c2c1. The molecule has 2 aromatic rings. The van der Waals surface area contributed by atoms with Crippen molar-refractivity contribution in [3.05, 3.63) is 45.9 Å². The van der Waals surface area contributed by atoms with Crippen LogP contribution in [-0.4, -0.2) is 17.5 Å². The maximum atomic E-state index is 12.0. The molecule has 17 heavy (non-hydrogen) atoms. The molecular weight excluding hydrogens is 216 g/mol. The number of carbonyl (C=O) groups excluding carboxylic acids is 1. The Balaban J connectivity index is 2.78. The van der Waals surface area contributed by atoms with Crippen LogP contribution in [0, 0.1) is 6.92 Å². The normalized spacial score (nSPS) is 10.5. The molecule has 0 saturated carbocycles. The smallest absolute Gasteiger partial charge is 0.258 e. The molecule has 1 aromatic carbocycles. The van der Waals surface area contributed by atoms with Crippen molar-refractivity contribution in [3.63, 3.8) is 0 Å². The zero-order valence-corrected chi connectivity index (χ0v) is 10.1. The second-order valence-corrected chi connectivity index (χ2v) is 4.03. The average Bonchev–Trinajstić information content (AvgIpc) is 2.35. The lowest BCUT2D eigenvalue weighted by Gasteiger charge is -2.07. The van der Waals surface area contributed by atoms with E-state index in [9.17, 15) is 9.59 Å². The maximum absolute atomic E-state index is 12.0. The van der Waals surface area contributed by atoms with Gasteiger partial charge in [0, 0.05) is 30.7 Å². The van der Waals surface area contributed by atoms with Gasteiger partial charge < -0.3 is 9.88 Å². The predicted octanol–water partition coefficient (Wildman–Crippen LogP) is 1.21. The molecule has 0 atom stereocenters. The van der Waals surface area contributed by atoms with Gasteiger partial charge in [-0.25, -0.2) is 0 Å². The van der Waals surface area contributed by atoms with Crippen molar-refractivity contribution in [2.75, 3.05) is 7.05 Å². The highest BCUT2D eigenvalue weighted by Gasteiger charge is 2.08. The van der Waals surface area contributed by atoms with Crippen molar-refractivity contribution in [3.8, 4) is 0 Å². The molecule has 2 rings (SSSR count). The van der Waals surface area contributed by atoms with Crippen LogP contribution in [0.2, 0.25) is 0 Å². The molecule has 4 heteroatoms. The minimum Gasteiger partial charge on any atom is -0.355 e. The predicted molar refractivity (Wildman–Crippen MR) is 67.3 cm³/mol. The molecule has 0 fully saturated rings. The first kappa shape index (κ1) is 11.4. The molecule has 1 N–H and O–H groups in total. The van der Waals surface area contributed by atoms with Crippen molar-refractivity contribution >= 4 is 16.7 Å². The van der Waals surface area contributed by atoms with Gasteiger partial charge in [0.25, 0.3) is 11.5 Å². The topological polar surface area (TPSA) is 51.1 Å². The van der Waals surface area contributed by atoms with Crippen LogP contribution in [0.15, 0.2) is 29.1 Å². The van der Waals surface area contributed by atoms with Crippen LogP contribution < -0.4 is 10.9 Å². The molecule has 4 nitrogen and oxygen atoms in total. The average molecular weight is 230 g/mol. The zero-order valence-electron chi connectivity index (χ0n) is 10.1. The fraction of sp³-hybridized carbons (Fsp3) is 0.231. The van der Waals surface area contributed by atoms with Crippen molar-refractivity contribution in [1.82, 2.24) is 9.88 Å². The summed E-state index contributed by atoms with van der Waals surface area (Å²) in [6.07, 6.45) is 0. The van der Waals surface area contributed by atoms with E-state index >= 15 is 0 Å². The number of hydrogen-bond donors (Lipinski definition) is 1. The Labute approximate surface area is 98.9 Å². The van der Waals surface area contributed by atoms with Crippen LogP contribution in [-0.2, 0) is 7.05 Å². The van der Waals surface area contributed by atoms with Crippen LogP contribution in [0.5, 0.6) is 0 Å². The molecule has 0 unspecified atom stereocenters. The van der Waals surface area contributed by atoms with Crippen molar-refractivity contribution in [1.29, 1.82) is 0 Å². The number of aryl methyl sites for hydroxylation is 1. The zero-order chi connectivity index (χ0) is 12.6. The van der Waals surface area contributed by atoms with Gasteiger partial charge in [0.2, 0.25) is 0 Å². The number of hydrogen-bond acceptors (Lipinski definition) is 2. The van der Waals surface area contributed by atoms with E-state index in [0.717, 1.165) is 11.1 Å². The van der Waals surface area contributed by atoms with Crippen LogP contribution in [0.1, 0.15) is 16.1 Å². The number of benzene rings is 1. The summed E-state index contributed by atoms with van der Waals surface area (Å²) in [6, 6.07) is 7.09. The standard InChI is InChI=1S/C13H14N2O2/c1-8-6-9-4-5-10(12(16)14-2)7-11(9)13(17)15(8)3/h4-7H,1-3H3,(H,14,16). The molecular formula is C13H14N2O2. The molecule has 88 valence electrons. The fourth-order valence-corrected chi connectivity index (χ4v) is 1.82. The van der Waals surface area contributed by atoms with E-state index in [1.165, 1.54) is 0 Å². The van der Waals surface area contributed by atoms with E-state index in [2.05, 4.69) is 5.32 Å². The number of nitrogens with zero attached hydrogens (tertiary/aromatic N) is 1. The number of carbonyl (C=O) groups is 1. The van der Waals surface area contributed by atoms with E-state index in [4.69, 9.17) is 0 Å². The van der Waals surface area contributed by atoms with Gasteiger partial charge in [0.05, 0.1) is 0 Å². The van der Waals surface area contributed by atoms with E-state index in [0.29, 0.717) is 10.9 Å². The van der Waals surface area contributed by atoms with Crippen LogP contribution in [0.3, 0.4) is 0 Å². The monoisotopic (exact) mass is 230 g/mol. The summed E-state index contributed by atoms with van der Waals surface area (Å²) in [7, 11) is 3.30. The van der Waals surface area contributed by atoms with Gasteiger partial charge in [-0.05, 0) is 30.5 Å². The first-order valence-corrected chi connectivity index (χ1v) is 5.37. The summed E-state index contributed by atoms with van der Waals surface area (Å²) in [5.74, 6) is -0.186. The molecule has 0 radical (unpaired) electrons. The number of rotatable bonds is 1. The highest BCUT2D eigenvalue weighted by atomic mass is 16.1. The molecule has 0 bridgehead atoms. The van der Waals surface area contributed by atoms with Gasteiger partial charge in [-0.15, -0.1) is 0 Å². The highest BCUT2D eigenvalue weighted by molar-refractivity contribution is 5.98. The van der Waals surface area contributed by atoms with Crippen molar-refractivity contribution < 1.29 is 4.79 Å². The van der Waals surface area contributed by atoms with Crippen LogP contribution in [0.25, 0.3) is 10.8 Å². The lowest BCUT2D eigenvalue weighted by atomic mass is 10.1. The first-order chi connectivity index (χ1) is 8.04. The third-order valence-electron chi connectivity index (χ3n) is 2.97. The third-order valence-corrected chi connectivity index (χ3v) is 2.97. The molecule has 1 amide bonds. The van der Waals surface area contributed by atoms with Gasteiger partial charge in [0.1, 0.15) is 0 Å². The first-order valence-electron chi connectivity index (χ1n) is 5.37. The highest BCUT2D eigenvalue weighted by Crippen LogP contribution is 2.13. The summed E-state index contributed by atoms with van der Waals surface area (Å²) in [4.78, 5) is 23.5. The van der Waals surface area contributed by atoms with Gasteiger partial charge in [-0.1, -0.05) is 6.07 Å². The van der Waals surface area contributed by atoms with Gasteiger partial charge in [-0.2, -0.15) is 0 Å². The summed E-state index contributed by atoms with van der Waals surface area (Å²) in [5.41, 5.74) is 1.32. The third kappa shape index (κ3) is 1.82. The van der Waals surface area contributed by atoms with Crippen molar-refractivity contribution in [2.45, 2.75) is 6.92 Å². The largest absolute Gasteiger partial charge is 0.355 e. The molecule has 0 spiro atoms.